The summed E-state index contributed by atoms with van der Waals surface area (Å²) in [5.41, 5.74) is -0.320. The molecule has 5 nitrogen and oxygen atoms in total. The Morgan fingerprint density at radius 3 is 2.38 bits per heavy atom. The van der Waals surface area contributed by atoms with Gasteiger partial charge in [-0.05, 0) is 37.5 Å². The Kier molecular flexibility index (Phi) is 4.61. The van der Waals surface area contributed by atoms with Crippen molar-refractivity contribution in [3.05, 3.63) is 0 Å². The third kappa shape index (κ3) is 3.07. The Balaban J connectivity index is 2.02. The average Bonchev–Trinajstić information content (AvgIpc) is 2.81. The zero-order valence-electron chi connectivity index (χ0n) is 13.4. The molecular weight excluding hydrogens is 270 g/mol. The van der Waals surface area contributed by atoms with Gasteiger partial charge in [-0.25, -0.2) is 0 Å². The van der Waals surface area contributed by atoms with E-state index in [0.29, 0.717) is 13.0 Å². The van der Waals surface area contributed by atoms with Gasteiger partial charge in [0.05, 0.1) is 17.9 Å². The van der Waals surface area contributed by atoms with Gasteiger partial charge < -0.3 is 15.2 Å². The molecule has 1 saturated carbocycles. The molecule has 1 heterocycles. The first-order valence-corrected chi connectivity index (χ1v) is 7.90. The predicted molar refractivity (Wildman–Crippen MR) is 78.8 cm³/mol. The molecule has 5 atom stereocenters. The molecule has 5 heteroatoms. The van der Waals surface area contributed by atoms with E-state index in [1.54, 1.807) is 0 Å². The lowest BCUT2D eigenvalue weighted by atomic mass is 9.61. The number of amides is 1. The number of aliphatic carboxylic acids is 1. The molecule has 1 amide bonds. The van der Waals surface area contributed by atoms with Crippen LogP contribution in [0.4, 0.5) is 0 Å². The Bertz CT molecular complexity index is 421. The maximum atomic E-state index is 12.4. The first-order chi connectivity index (χ1) is 9.75. The zero-order chi connectivity index (χ0) is 15.8. The molecule has 0 bridgehead atoms. The van der Waals surface area contributed by atoms with Gasteiger partial charge in [0.1, 0.15) is 0 Å². The van der Waals surface area contributed by atoms with Crippen LogP contribution in [0.25, 0.3) is 0 Å². The highest BCUT2D eigenvalue weighted by atomic mass is 16.5. The van der Waals surface area contributed by atoms with Gasteiger partial charge in [0.15, 0.2) is 0 Å². The molecular formula is C16H27NO4. The van der Waals surface area contributed by atoms with Gasteiger partial charge in [0, 0.05) is 12.6 Å². The molecule has 1 saturated heterocycles. The molecule has 5 unspecified atom stereocenters. The second-order valence-electron chi connectivity index (χ2n) is 7.16. The fourth-order valence-corrected chi connectivity index (χ4v) is 3.81. The van der Waals surface area contributed by atoms with Crippen molar-refractivity contribution < 1.29 is 19.4 Å². The summed E-state index contributed by atoms with van der Waals surface area (Å²) in [7, 11) is 0. The summed E-state index contributed by atoms with van der Waals surface area (Å²) in [6, 6.07) is 0.0518. The minimum Gasteiger partial charge on any atom is -0.481 e. The van der Waals surface area contributed by atoms with Crippen molar-refractivity contribution in [3.8, 4) is 0 Å². The minimum absolute atomic E-state index is 0.0244. The number of carboxylic acid groups (broad SMARTS) is 1. The number of carbonyl (C=O) groups excluding carboxylic acids is 1. The van der Waals surface area contributed by atoms with Crippen LogP contribution < -0.4 is 5.32 Å². The van der Waals surface area contributed by atoms with Gasteiger partial charge >= 0.3 is 5.97 Å². The number of carboxylic acids is 1. The van der Waals surface area contributed by atoms with E-state index in [0.717, 1.165) is 12.8 Å². The summed E-state index contributed by atoms with van der Waals surface area (Å²) in [6.45, 7) is 8.62. The van der Waals surface area contributed by atoms with Crippen molar-refractivity contribution in [2.45, 2.75) is 59.1 Å². The number of rotatable bonds is 3. The summed E-state index contributed by atoms with van der Waals surface area (Å²) < 4.78 is 5.45. The normalized spacial score (nSPS) is 39.0. The van der Waals surface area contributed by atoms with Crippen molar-refractivity contribution in [2.75, 3.05) is 6.61 Å². The van der Waals surface area contributed by atoms with E-state index in [-0.39, 0.29) is 41.2 Å². The van der Waals surface area contributed by atoms with Crippen molar-refractivity contribution in [1.82, 2.24) is 5.32 Å². The van der Waals surface area contributed by atoms with E-state index in [4.69, 9.17) is 4.74 Å². The Hall–Kier alpha value is -1.10. The first kappa shape index (κ1) is 16.3. The quantitative estimate of drug-likeness (QED) is 0.836. The Labute approximate surface area is 126 Å². The standard InChI is InChI=1S/C16H27NO4/c1-9-13(6-5-12(15(19)20)16(9,3)4)17-14(18)11-7-8-21-10(11)2/h9-13H,5-8H2,1-4H3,(H,17,18)(H,19,20). The van der Waals surface area contributed by atoms with Crippen LogP contribution in [-0.2, 0) is 14.3 Å². The highest BCUT2D eigenvalue weighted by Crippen LogP contribution is 2.45. The van der Waals surface area contributed by atoms with Crippen molar-refractivity contribution >= 4 is 11.9 Å². The average molecular weight is 297 g/mol. The molecule has 2 fully saturated rings. The molecule has 0 aromatic carbocycles. The van der Waals surface area contributed by atoms with E-state index in [2.05, 4.69) is 12.2 Å². The fraction of sp³-hybridized carbons (Fsp3) is 0.875. The van der Waals surface area contributed by atoms with E-state index < -0.39 is 5.97 Å². The Morgan fingerprint density at radius 1 is 1.19 bits per heavy atom. The lowest BCUT2D eigenvalue weighted by Gasteiger charge is -2.46. The van der Waals surface area contributed by atoms with E-state index in [9.17, 15) is 14.7 Å². The number of carbonyl (C=O) groups is 2. The van der Waals surface area contributed by atoms with E-state index in [1.165, 1.54) is 0 Å². The SMILES string of the molecule is CC1OCCC1C(=O)NC1CCC(C(=O)O)C(C)(C)C1C. The number of hydrogen-bond donors (Lipinski definition) is 2. The summed E-state index contributed by atoms with van der Waals surface area (Å²) in [6.07, 6.45) is 2.10. The summed E-state index contributed by atoms with van der Waals surface area (Å²) in [5, 5.41) is 12.5. The third-order valence-corrected chi connectivity index (χ3v) is 5.78. The van der Waals surface area contributed by atoms with E-state index >= 15 is 0 Å². The number of hydrogen-bond acceptors (Lipinski definition) is 3. The monoisotopic (exact) mass is 297 g/mol. The van der Waals surface area contributed by atoms with Gasteiger partial charge in [-0.15, -0.1) is 0 Å². The van der Waals surface area contributed by atoms with Crippen LogP contribution in [0.5, 0.6) is 0 Å². The summed E-state index contributed by atoms with van der Waals surface area (Å²) >= 11 is 0. The maximum Gasteiger partial charge on any atom is 0.307 e. The van der Waals surface area contributed by atoms with Gasteiger partial charge in [0.25, 0.3) is 0 Å². The van der Waals surface area contributed by atoms with Gasteiger partial charge in [-0.1, -0.05) is 20.8 Å². The molecule has 2 rings (SSSR count). The molecule has 1 aliphatic carbocycles. The number of nitrogens with one attached hydrogen (secondary N) is 1. The molecule has 21 heavy (non-hydrogen) atoms. The highest BCUT2D eigenvalue weighted by Gasteiger charge is 2.47. The third-order valence-electron chi connectivity index (χ3n) is 5.78. The molecule has 120 valence electrons. The molecule has 0 radical (unpaired) electrons. The highest BCUT2D eigenvalue weighted by molar-refractivity contribution is 5.80. The minimum atomic E-state index is -0.727. The van der Waals surface area contributed by atoms with Crippen LogP contribution in [0, 0.1) is 23.2 Å². The molecule has 0 aromatic heterocycles. The van der Waals surface area contributed by atoms with Crippen LogP contribution in [0.2, 0.25) is 0 Å². The fourth-order valence-electron chi connectivity index (χ4n) is 3.81. The molecule has 1 aliphatic heterocycles. The number of ether oxygens (including phenoxy) is 1. The van der Waals surface area contributed by atoms with Gasteiger partial charge in [0.2, 0.25) is 5.91 Å². The molecule has 0 aromatic rings. The van der Waals surface area contributed by atoms with Crippen molar-refractivity contribution in [2.24, 2.45) is 23.2 Å². The largest absolute Gasteiger partial charge is 0.481 e. The van der Waals surface area contributed by atoms with E-state index in [1.807, 2.05) is 20.8 Å². The van der Waals surface area contributed by atoms with Crippen LogP contribution in [0.3, 0.4) is 0 Å². The summed E-state index contributed by atoms with van der Waals surface area (Å²) in [4.78, 5) is 23.8. The topological polar surface area (TPSA) is 75.6 Å². The van der Waals surface area contributed by atoms with Crippen molar-refractivity contribution in [3.63, 3.8) is 0 Å². The van der Waals surface area contributed by atoms with Crippen LogP contribution in [-0.4, -0.2) is 35.7 Å². The second-order valence-corrected chi connectivity index (χ2v) is 7.16. The second kappa shape index (κ2) is 5.95. The predicted octanol–water partition coefficient (Wildman–Crippen LogP) is 2.05. The van der Waals surface area contributed by atoms with Crippen LogP contribution in [0.1, 0.15) is 47.0 Å². The Morgan fingerprint density at radius 2 is 1.86 bits per heavy atom. The van der Waals surface area contributed by atoms with Crippen LogP contribution in [0.15, 0.2) is 0 Å². The lowest BCUT2D eigenvalue weighted by molar-refractivity contribution is -0.150. The van der Waals surface area contributed by atoms with Crippen LogP contribution >= 0.6 is 0 Å². The smallest absolute Gasteiger partial charge is 0.307 e. The molecule has 2 aliphatic rings. The zero-order valence-corrected chi connectivity index (χ0v) is 13.4. The first-order valence-electron chi connectivity index (χ1n) is 7.90. The van der Waals surface area contributed by atoms with Crippen molar-refractivity contribution in [1.29, 1.82) is 0 Å². The lowest BCUT2D eigenvalue weighted by Crippen LogP contribution is -2.53. The molecule has 0 spiro atoms. The van der Waals surface area contributed by atoms with Gasteiger partial charge in [-0.3, -0.25) is 9.59 Å². The maximum absolute atomic E-state index is 12.4. The summed E-state index contributed by atoms with van der Waals surface area (Å²) in [5.74, 6) is -0.948. The van der Waals surface area contributed by atoms with Gasteiger partial charge in [-0.2, -0.15) is 0 Å². The molecule has 2 N–H and O–H groups in total.